The summed E-state index contributed by atoms with van der Waals surface area (Å²) >= 11 is 0. The average molecular weight is 224 g/mol. The Morgan fingerprint density at radius 1 is 1.38 bits per heavy atom. The Kier molecular flexibility index (Phi) is 4.69. The molecule has 0 fully saturated rings. The van der Waals surface area contributed by atoms with Crippen molar-refractivity contribution in [1.82, 2.24) is 9.97 Å². The van der Waals surface area contributed by atoms with Crippen LogP contribution in [0.15, 0.2) is 12.4 Å². The smallest absolute Gasteiger partial charge is 0.315 e. The maximum atomic E-state index is 11.7. The van der Waals surface area contributed by atoms with E-state index in [9.17, 15) is 4.79 Å². The van der Waals surface area contributed by atoms with E-state index >= 15 is 0 Å². The second kappa shape index (κ2) is 6.05. The second-order valence-electron chi connectivity index (χ2n) is 3.16. The van der Waals surface area contributed by atoms with E-state index in [2.05, 4.69) is 9.97 Å². The van der Waals surface area contributed by atoms with Crippen molar-refractivity contribution < 1.29 is 14.3 Å². The summed E-state index contributed by atoms with van der Waals surface area (Å²) in [6.07, 6.45) is 3.67. The average Bonchev–Trinajstić information content (AvgIpc) is 2.31. The summed E-state index contributed by atoms with van der Waals surface area (Å²) < 4.78 is 10.1. The van der Waals surface area contributed by atoms with Gasteiger partial charge in [0.15, 0.2) is 0 Å². The minimum absolute atomic E-state index is 0.288. The van der Waals surface area contributed by atoms with E-state index in [1.807, 2.05) is 6.92 Å². The zero-order valence-electron chi connectivity index (χ0n) is 9.77. The number of ether oxygens (including phenoxy) is 2. The first-order chi connectivity index (χ1) is 7.74. The number of hydrogen-bond donors (Lipinski definition) is 0. The van der Waals surface area contributed by atoms with Gasteiger partial charge in [0.05, 0.1) is 13.7 Å². The molecule has 0 saturated carbocycles. The highest BCUT2D eigenvalue weighted by Gasteiger charge is 2.25. The van der Waals surface area contributed by atoms with Crippen LogP contribution in [0.3, 0.4) is 0 Å². The van der Waals surface area contributed by atoms with Gasteiger partial charge < -0.3 is 9.47 Å². The van der Waals surface area contributed by atoms with Crippen LogP contribution in [0.2, 0.25) is 0 Å². The summed E-state index contributed by atoms with van der Waals surface area (Å²) in [5.74, 6) is -0.324. The van der Waals surface area contributed by atoms with Crippen LogP contribution in [0, 0.1) is 0 Å². The predicted octanol–water partition coefficient (Wildman–Crippen LogP) is 1.54. The van der Waals surface area contributed by atoms with Gasteiger partial charge in [0.1, 0.15) is 11.6 Å². The van der Waals surface area contributed by atoms with Crippen molar-refractivity contribution in [3.8, 4) is 5.88 Å². The molecule has 0 aliphatic carbocycles. The summed E-state index contributed by atoms with van der Waals surface area (Å²) in [5.41, 5.74) is 0.533. The first-order valence-corrected chi connectivity index (χ1v) is 5.26. The Morgan fingerprint density at radius 3 is 2.62 bits per heavy atom. The van der Waals surface area contributed by atoms with E-state index in [1.54, 1.807) is 13.1 Å². The van der Waals surface area contributed by atoms with Crippen LogP contribution in [-0.4, -0.2) is 29.7 Å². The van der Waals surface area contributed by atoms with Gasteiger partial charge in [-0.25, -0.2) is 4.98 Å². The number of rotatable bonds is 5. The van der Waals surface area contributed by atoms with Crippen molar-refractivity contribution in [2.75, 3.05) is 13.7 Å². The Balaban J connectivity index is 2.98. The van der Waals surface area contributed by atoms with Gasteiger partial charge in [-0.05, 0) is 13.3 Å². The second-order valence-corrected chi connectivity index (χ2v) is 3.16. The summed E-state index contributed by atoms with van der Waals surface area (Å²) in [7, 11) is 1.51. The minimum atomic E-state index is -0.413. The first kappa shape index (κ1) is 12.4. The molecular formula is C11H16N2O3. The number of nitrogens with zero attached hydrogens (tertiary/aromatic N) is 2. The number of methoxy groups -OCH3 is 1. The van der Waals surface area contributed by atoms with E-state index in [-0.39, 0.29) is 5.97 Å². The standard InChI is InChI=1S/C11H16N2O3/c1-4-8(11(14)16-5-2)9-10(15-3)13-7-6-12-9/h6-8H,4-5H2,1-3H3. The van der Waals surface area contributed by atoms with Crippen LogP contribution in [0.4, 0.5) is 0 Å². The van der Waals surface area contributed by atoms with Gasteiger partial charge >= 0.3 is 5.97 Å². The Morgan fingerprint density at radius 2 is 2.06 bits per heavy atom. The van der Waals surface area contributed by atoms with E-state index in [0.29, 0.717) is 24.6 Å². The number of esters is 1. The van der Waals surface area contributed by atoms with Crippen molar-refractivity contribution in [2.45, 2.75) is 26.2 Å². The van der Waals surface area contributed by atoms with Crippen LogP contribution < -0.4 is 4.74 Å². The fraction of sp³-hybridized carbons (Fsp3) is 0.545. The van der Waals surface area contributed by atoms with Crippen molar-refractivity contribution in [1.29, 1.82) is 0 Å². The van der Waals surface area contributed by atoms with Gasteiger partial charge in [0.25, 0.3) is 0 Å². The lowest BCUT2D eigenvalue weighted by atomic mass is 10.0. The molecule has 1 rings (SSSR count). The highest BCUT2D eigenvalue weighted by atomic mass is 16.5. The maximum absolute atomic E-state index is 11.7. The Hall–Kier alpha value is -1.65. The van der Waals surface area contributed by atoms with Gasteiger partial charge in [0, 0.05) is 12.4 Å². The van der Waals surface area contributed by atoms with Crippen molar-refractivity contribution in [3.63, 3.8) is 0 Å². The zero-order valence-corrected chi connectivity index (χ0v) is 9.77. The van der Waals surface area contributed by atoms with E-state index in [0.717, 1.165) is 0 Å². The lowest BCUT2D eigenvalue weighted by molar-refractivity contribution is -0.145. The van der Waals surface area contributed by atoms with Crippen LogP contribution in [-0.2, 0) is 9.53 Å². The summed E-state index contributed by atoms with van der Waals surface area (Å²) in [6.45, 7) is 4.03. The highest BCUT2D eigenvalue weighted by molar-refractivity contribution is 5.78. The van der Waals surface area contributed by atoms with Crippen LogP contribution >= 0.6 is 0 Å². The molecule has 0 aliphatic rings. The van der Waals surface area contributed by atoms with E-state index in [4.69, 9.17) is 9.47 Å². The summed E-state index contributed by atoms with van der Waals surface area (Å²) in [5, 5.41) is 0. The number of carbonyl (C=O) groups is 1. The van der Waals surface area contributed by atoms with E-state index in [1.165, 1.54) is 13.3 Å². The normalized spacial score (nSPS) is 11.9. The molecule has 0 bridgehead atoms. The molecule has 88 valence electrons. The first-order valence-electron chi connectivity index (χ1n) is 5.26. The summed E-state index contributed by atoms with van der Waals surface area (Å²) in [4.78, 5) is 19.8. The topological polar surface area (TPSA) is 61.3 Å². The molecule has 0 saturated heterocycles. The molecule has 1 heterocycles. The molecule has 1 aromatic heterocycles. The lowest BCUT2D eigenvalue weighted by Crippen LogP contribution is -2.17. The molecule has 0 aromatic carbocycles. The fourth-order valence-corrected chi connectivity index (χ4v) is 1.45. The monoisotopic (exact) mass is 224 g/mol. The maximum Gasteiger partial charge on any atom is 0.315 e. The SMILES string of the molecule is CCOC(=O)C(CC)c1nccnc1OC. The predicted molar refractivity (Wildman–Crippen MR) is 58.2 cm³/mol. The lowest BCUT2D eigenvalue weighted by Gasteiger charge is -2.14. The third-order valence-electron chi connectivity index (χ3n) is 2.19. The largest absolute Gasteiger partial charge is 0.480 e. The molecule has 0 amide bonds. The van der Waals surface area contributed by atoms with Crippen LogP contribution in [0.5, 0.6) is 5.88 Å². The van der Waals surface area contributed by atoms with Gasteiger partial charge in [0.2, 0.25) is 5.88 Å². The molecule has 1 atom stereocenters. The minimum Gasteiger partial charge on any atom is -0.480 e. The van der Waals surface area contributed by atoms with Crippen molar-refractivity contribution in [3.05, 3.63) is 18.1 Å². The Bertz CT molecular complexity index is 355. The van der Waals surface area contributed by atoms with Gasteiger partial charge in [-0.2, -0.15) is 0 Å². The molecule has 0 spiro atoms. The van der Waals surface area contributed by atoms with Crippen molar-refractivity contribution in [2.24, 2.45) is 0 Å². The molecule has 16 heavy (non-hydrogen) atoms. The molecule has 1 aromatic rings. The highest BCUT2D eigenvalue weighted by Crippen LogP contribution is 2.25. The number of aromatic nitrogens is 2. The molecule has 0 aliphatic heterocycles. The fourth-order valence-electron chi connectivity index (χ4n) is 1.45. The molecule has 0 N–H and O–H groups in total. The number of hydrogen-bond acceptors (Lipinski definition) is 5. The van der Waals surface area contributed by atoms with Crippen molar-refractivity contribution >= 4 is 5.97 Å². The van der Waals surface area contributed by atoms with Gasteiger partial charge in [-0.15, -0.1) is 0 Å². The molecule has 1 unspecified atom stereocenters. The number of carbonyl (C=O) groups excluding carboxylic acids is 1. The van der Waals surface area contributed by atoms with Gasteiger partial charge in [-0.3, -0.25) is 9.78 Å². The summed E-state index contributed by atoms with van der Waals surface area (Å²) in [6, 6.07) is 0. The van der Waals surface area contributed by atoms with E-state index < -0.39 is 5.92 Å². The molecular weight excluding hydrogens is 208 g/mol. The third-order valence-corrected chi connectivity index (χ3v) is 2.19. The quantitative estimate of drug-likeness (QED) is 0.710. The molecule has 5 heteroatoms. The third kappa shape index (κ3) is 2.68. The molecule has 0 radical (unpaired) electrons. The molecule has 5 nitrogen and oxygen atoms in total. The van der Waals surface area contributed by atoms with Gasteiger partial charge in [-0.1, -0.05) is 6.92 Å². The van der Waals surface area contributed by atoms with Crippen LogP contribution in [0.25, 0.3) is 0 Å². The van der Waals surface area contributed by atoms with Crippen LogP contribution in [0.1, 0.15) is 31.9 Å². The Labute approximate surface area is 94.8 Å². The zero-order chi connectivity index (χ0) is 12.0.